The number of fused-ring (bicyclic) bond motifs is 2. The number of morpholine rings is 1. The molecular formula is C22H24N2O3. The van der Waals surface area contributed by atoms with Crippen LogP contribution in [0.4, 0.5) is 0 Å². The van der Waals surface area contributed by atoms with Gasteiger partial charge in [0, 0.05) is 24.2 Å². The largest absolute Gasteiger partial charge is 0.497 e. The van der Waals surface area contributed by atoms with Gasteiger partial charge in [-0.1, -0.05) is 30.3 Å². The highest BCUT2D eigenvalue weighted by molar-refractivity contribution is 5.46. The number of rotatable bonds is 4. The quantitative estimate of drug-likeness (QED) is 0.904. The Kier molecular flexibility index (Phi) is 4.88. The van der Waals surface area contributed by atoms with Gasteiger partial charge in [-0.15, -0.1) is 0 Å². The van der Waals surface area contributed by atoms with Gasteiger partial charge in [-0.05, 0) is 36.6 Å². The zero-order valence-electron chi connectivity index (χ0n) is 15.5. The van der Waals surface area contributed by atoms with Gasteiger partial charge >= 0.3 is 0 Å². The number of hydrogen-bond acceptors (Lipinski definition) is 5. The van der Waals surface area contributed by atoms with Crippen molar-refractivity contribution in [2.75, 3.05) is 20.3 Å². The first-order valence-electron chi connectivity index (χ1n) is 9.31. The van der Waals surface area contributed by atoms with E-state index in [1.54, 1.807) is 19.2 Å². The summed E-state index contributed by atoms with van der Waals surface area (Å²) in [6, 6.07) is 18.1. The van der Waals surface area contributed by atoms with Crippen molar-refractivity contribution in [3.63, 3.8) is 0 Å². The Morgan fingerprint density at radius 3 is 2.52 bits per heavy atom. The highest BCUT2D eigenvalue weighted by atomic mass is 16.5. The topological polar surface area (TPSA) is 65.7 Å². The molecule has 0 saturated carbocycles. The molecule has 0 amide bonds. The molecule has 1 N–H and O–H groups in total. The summed E-state index contributed by atoms with van der Waals surface area (Å²) < 4.78 is 11.1. The Morgan fingerprint density at radius 2 is 1.89 bits per heavy atom. The average molecular weight is 364 g/mol. The molecular weight excluding hydrogens is 340 g/mol. The fraction of sp³-hybridized carbons (Fsp3) is 0.409. The second kappa shape index (κ2) is 7.32. The fourth-order valence-corrected chi connectivity index (χ4v) is 4.45. The lowest BCUT2D eigenvalue weighted by Gasteiger charge is -2.52. The van der Waals surface area contributed by atoms with Crippen LogP contribution in [-0.2, 0) is 16.9 Å². The molecule has 5 heteroatoms. The van der Waals surface area contributed by atoms with Gasteiger partial charge in [-0.2, -0.15) is 5.26 Å². The number of piperidine rings is 1. The number of nitriles is 1. The summed E-state index contributed by atoms with van der Waals surface area (Å²) in [5.74, 6) is 0.658. The van der Waals surface area contributed by atoms with Crippen LogP contribution in [0.1, 0.15) is 29.5 Å². The van der Waals surface area contributed by atoms with Gasteiger partial charge in [0.2, 0.25) is 0 Å². The van der Waals surface area contributed by atoms with Gasteiger partial charge in [0.1, 0.15) is 5.75 Å². The predicted octanol–water partition coefficient (Wildman–Crippen LogP) is 2.82. The molecule has 2 aromatic rings. The van der Waals surface area contributed by atoms with Gasteiger partial charge in [0.25, 0.3) is 0 Å². The van der Waals surface area contributed by atoms with E-state index < -0.39 is 5.60 Å². The fourth-order valence-electron chi connectivity index (χ4n) is 4.45. The Balaban J connectivity index is 1.64. The van der Waals surface area contributed by atoms with Crippen molar-refractivity contribution in [2.45, 2.75) is 37.1 Å². The van der Waals surface area contributed by atoms with Crippen molar-refractivity contribution in [1.82, 2.24) is 4.90 Å². The molecule has 2 bridgehead atoms. The Hall–Kier alpha value is -2.39. The average Bonchev–Trinajstić information content (AvgIpc) is 2.69. The summed E-state index contributed by atoms with van der Waals surface area (Å²) in [7, 11) is 1.60. The molecule has 140 valence electrons. The van der Waals surface area contributed by atoms with Crippen molar-refractivity contribution < 1.29 is 14.6 Å². The zero-order chi connectivity index (χ0) is 18.9. The maximum absolute atomic E-state index is 11.6. The van der Waals surface area contributed by atoms with Crippen LogP contribution in [0.2, 0.25) is 0 Å². The van der Waals surface area contributed by atoms with Crippen LogP contribution < -0.4 is 4.74 Å². The second-order valence-electron chi connectivity index (χ2n) is 7.47. The standard InChI is InChI=1S/C22H24N2O3/c1-26-20-8-7-17(12-23)21(9-20)22(25)10-18-14-27-15-19(11-22)24(18)13-16-5-3-2-4-6-16/h2-9,18-19,25H,10-11,13-15H2,1H3. The summed E-state index contributed by atoms with van der Waals surface area (Å²) >= 11 is 0. The van der Waals surface area contributed by atoms with Gasteiger partial charge in [-0.3, -0.25) is 4.90 Å². The zero-order valence-corrected chi connectivity index (χ0v) is 15.5. The molecule has 0 radical (unpaired) electrons. The van der Waals surface area contributed by atoms with Crippen molar-refractivity contribution in [3.8, 4) is 11.8 Å². The Bertz CT molecular complexity index is 832. The molecule has 5 nitrogen and oxygen atoms in total. The van der Waals surface area contributed by atoms with Crippen LogP contribution in [0.15, 0.2) is 48.5 Å². The third kappa shape index (κ3) is 3.44. The molecule has 4 rings (SSSR count). The third-order valence-electron chi connectivity index (χ3n) is 5.76. The maximum atomic E-state index is 11.6. The molecule has 0 aromatic heterocycles. The molecule has 27 heavy (non-hydrogen) atoms. The van der Waals surface area contributed by atoms with E-state index in [0.29, 0.717) is 42.9 Å². The van der Waals surface area contributed by atoms with E-state index in [2.05, 4.69) is 35.2 Å². The maximum Gasteiger partial charge on any atom is 0.119 e. The number of methoxy groups -OCH3 is 1. The highest BCUT2D eigenvalue weighted by Gasteiger charge is 2.47. The number of benzene rings is 2. The summed E-state index contributed by atoms with van der Waals surface area (Å²) in [5, 5.41) is 21.1. The molecule has 2 aliphatic rings. The summed E-state index contributed by atoms with van der Waals surface area (Å²) in [4.78, 5) is 2.44. The van der Waals surface area contributed by atoms with Gasteiger partial charge in [0.15, 0.2) is 0 Å². The smallest absolute Gasteiger partial charge is 0.119 e. The first kappa shape index (κ1) is 18.0. The number of ether oxygens (including phenoxy) is 2. The molecule has 2 aromatic carbocycles. The van der Waals surface area contributed by atoms with E-state index in [-0.39, 0.29) is 12.1 Å². The first-order valence-corrected chi connectivity index (χ1v) is 9.31. The molecule has 2 aliphatic heterocycles. The molecule has 0 spiro atoms. The minimum absolute atomic E-state index is 0.112. The van der Waals surface area contributed by atoms with E-state index in [4.69, 9.17) is 9.47 Å². The molecule has 0 aliphatic carbocycles. The van der Waals surface area contributed by atoms with E-state index in [1.807, 2.05) is 12.1 Å². The van der Waals surface area contributed by atoms with E-state index >= 15 is 0 Å². The van der Waals surface area contributed by atoms with Gasteiger partial charge in [-0.25, -0.2) is 0 Å². The molecule has 2 fully saturated rings. The SMILES string of the molecule is COc1ccc(C#N)c(C2(O)CC3COCC(C2)N3Cc2ccccc2)c1. The van der Waals surface area contributed by atoms with E-state index in [0.717, 1.165) is 6.54 Å². The van der Waals surface area contributed by atoms with Crippen LogP contribution in [-0.4, -0.2) is 42.4 Å². The number of aliphatic hydroxyl groups is 1. The molecule has 2 heterocycles. The lowest BCUT2D eigenvalue weighted by molar-refractivity contribution is -0.149. The van der Waals surface area contributed by atoms with Crippen LogP contribution in [0, 0.1) is 11.3 Å². The molecule has 2 unspecified atom stereocenters. The second-order valence-corrected chi connectivity index (χ2v) is 7.47. The minimum Gasteiger partial charge on any atom is -0.497 e. The van der Waals surface area contributed by atoms with Crippen molar-refractivity contribution in [3.05, 3.63) is 65.2 Å². The van der Waals surface area contributed by atoms with E-state index in [1.165, 1.54) is 5.56 Å². The molecule has 2 saturated heterocycles. The van der Waals surface area contributed by atoms with Crippen molar-refractivity contribution in [2.24, 2.45) is 0 Å². The lowest BCUT2D eigenvalue weighted by atomic mass is 9.75. The van der Waals surface area contributed by atoms with E-state index in [9.17, 15) is 10.4 Å². The van der Waals surface area contributed by atoms with Gasteiger partial charge < -0.3 is 14.6 Å². The van der Waals surface area contributed by atoms with Crippen LogP contribution in [0.5, 0.6) is 5.75 Å². The third-order valence-corrected chi connectivity index (χ3v) is 5.76. The number of nitrogens with zero attached hydrogens (tertiary/aromatic N) is 2. The summed E-state index contributed by atoms with van der Waals surface area (Å²) in [6.07, 6.45) is 1.08. The lowest BCUT2D eigenvalue weighted by Crippen LogP contribution is -2.60. The molecule has 2 atom stereocenters. The van der Waals surface area contributed by atoms with Crippen LogP contribution >= 0.6 is 0 Å². The minimum atomic E-state index is -1.05. The first-order chi connectivity index (χ1) is 13.1. The predicted molar refractivity (Wildman–Crippen MR) is 101 cm³/mol. The van der Waals surface area contributed by atoms with Gasteiger partial charge in [0.05, 0.1) is 37.6 Å². The van der Waals surface area contributed by atoms with Crippen molar-refractivity contribution >= 4 is 0 Å². The van der Waals surface area contributed by atoms with Crippen molar-refractivity contribution in [1.29, 1.82) is 5.26 Å². The summed E-state index contributed by atoms with van der Waals surface area (Å²) in [6.45, 7) is 2.04. The van der Waals surface area contributed by atoms with Crippen LogP contribution in [0.25, 0.3) is 0 Å². The Morgan fingerprint density at radius 1 is 1.19 bits per heavy atom. The highest BCUT2D eigenvalue weighted by Crippen LogP contribution is 2.43. The Labute approximate surface area is 159 Å². The van der Waals surface area contributed by atoms with Crippen LogP contribution in [0.3, 0.4) is 0 Å². The normalized spacial score (nSPS) is 27.7. The summed E-state index contributed by atoms with van der Waals surface area (Å²) in [5.41, 5.74) is 1.39. The monoisotopic (exact) mass is 364 g/mol. The number of hydrogen-bond donors (Lipinski definition) is 1.